The van der Waals surface area contributed by atoms with Gasteiger partial charge in [0.1, 0.15) is 11.6 Å². The van der Waals surface area contributed by atoms with E-state index < -0.39 is 29.7 Å². The minimum atomic E-state index is -3.63. The van der Waals surface area contributed by atoms with Gasteiger partial charge in [-0.25, -0.2) is 8.78 Å². The molecule has 1 saturated heterocycles. The molecule has 3 aromatic carbocycles. The van der Waals surface area contributed by atoms with E-state index in [0.717, 1.165) is 11.1 Å². The molecule has 0 saturated carbocycles. The van der Waals surface area contributed by atoms with Gasteiger partial charge in [0.2, 0.25) is 5.91 Å². The van der Waals surface area contributed by atoms with Crippen LogP contribution in [0.2, 0.25) is 0 Å². The normalized spacial score (nSPS) is 18.0. The third kappa shape index (κ3) is 4.91. The van der Waals surface area contributed by atoms with Crippen LogP contribution in [0.4, 0.5) is 23.2 Å². The number of carbonyl (C=O) groups excluding carboxylic acids is 2. The molecule has 10 heteroatoms. The molecule has 0 aliphatic carbocycles. The number of alkyl halides is 2. The number of aromatic nitrogens is 2. The molecule has 4 aromatic rings. The maximum atomic E-state index is 13.6. The highest BCUT2D eigenvalue weighted by atomic mass is 19.3. The Labute approximate surface area is 209 Å². The quantitative estimate of drug-likeness (QED) is 0.372. The van der Waals surface area contributed by atoms with Gasteiger partial charge in [0.15, 0.2) is 0 Å². The van der Waals surface area contributed by atoms with Gasteiger partial charge in [-0.15, -0.1) is 0 Å². The summed E-state index contributed by atoms with van der Waals surface area (Å²) in [7, 11) is 0. The van der Waals surface area contributed by atoms with E-state index in [9.17, 15) is 27.2 Å². The Hall–Kier alpha value is -4.21. The summed E-state index contributed by atoms with van der Waals surface area (Å²) in [6.07, 6.45) is 1.41. The predicted octanol–water partition coefficient (Wildman–Crippen LogP) is 4.98. The monoisotopic (exact) mass is 510 g/mol. The van der Waals surface area contributed by atoms with Crippen molar-refractivity contribution in [1.82, 2.24) is 15.1 Å². The lowest BCUT2D eigenvalue weighted by Crippen LogP contribution is -2.46. The van der Waals surface area contributed by atoms with Crippen molar-refractivity contribution < 1.29 is 27.2 Å². The zero-order valence-electron chi connectivity index (χ0n) is 19.7. The number of halogens is 4. The first-order valence-electron chi connectivity index (χ1n) is 11.6. The van der Waals surface area contributed by atoms with Crippen molar-refractivity contribution in [3.8, 4) is 0 Å². The van der Waals surface area contributed by atoms with E-state index in [1.807, 2.05) is 0 Å². The number of carbonyl (C=O) groups is 2. The van der Waals surface area contributed by atoms with Gasteiger partial charge in [0.05, 0.1) is 30.3 Å². The van der Waals surface area contributed by atoms with E-state index in [2.05, 4.69) is 10.4 Å². The second-order valence-corrected chi connectivity index (χ2v) is 9.11. The van der Waals surface area contributed by atoms with Crippen molar-refractivity contribution >= 4 is 28.4 Å². The molecule has 1 aromatic heterocycles. The van der Waals surface area contributed by atoms with Crippen LogP contribution in [0.1, 0.15) is 30.5 Å². The zero-order chi connectivity index (χ0) is 26.3. The molecule has 190 valence electrons. The van der Waals surface area contributed by atoms with Gasteiger partial charge >= 0.3 is 5.92 Å². The second-order valence-electron chi connectivity index (χ2n) is 9.11. The van der Waals surface area contributed by atoms with Crippen molar-refractivity contribution in [3.63, 3.8) is 0 Å². The van der Waals surface area contributed by atoms with Crippen molar-refractivity contribution in [2.24, 2.45) is 0 Å². The fourth-order valence-electron chi connectivity index (χ4n) is 4.66. The Balaban J connectivity index is 1.50. The maximum absolute atomic E-state index is 13.6. The summed E-state index contributed by atoms with van der Waals surface area (Å²) < 4.78 is 56.2. The van der Waals surface area contributed by atoms with Crippen LogP contribution < -0.4 is 10.2 Å². The van der Waals surface area contributed by atoms with E-state index in [0.29, 0.717) is 30.1 Å². The van der Waals surface area contributed by atoms with Gasteiger partial charge in [0.25, 0.3) is 5.91 Å². The molecule has 2 heterocycles. The Kier molecular flexibility index (Phi) is 6.18. The highest BCUT2D eigenvalue weighted by Gasteiger charge is 2.45. The number of amides is 2. The number of fused-ring (bicyclic) bond motifs is 1. The van der Waals surface area contributed by atoms with E-state index in [-0.39, 0.29) is 18.1 Å². The molecule has 0 bridgehead atoms. The SMILES string of the molecule is CC(F)(F)C(=O)N[C@H]1CC(=O)N(c2ccc3c(cnn3Cc3cccc(F)c3)c2)[C@@H]1c1ccc(F)cc1. The average Bonchev–Trinajstić information content (AvgIpc) is 3.38. The van der Waals surface area contributed by atoms with Gasteiger partial charge in [-0.05, 0) is 53.6 Å². The Morgan fingerprint density at radius 3 is 2.51 bits per heavy atom. The van der Waals surface area contributed by atoms with Gasteiger partial charge < -0.3 is 10.2 Å². The molecule has 2 atom stereocenters. The van der Waals surface area contributed by atoms with Gasteiger partial charge in [0, 0.05) is 24.4 Å². The molecular weight excluding hydrogens is 488 g/mol. The van der Waals surface area contributed by atoms with Crippen molar-refractivity contribution in [1.29, 1.82) is 0 Å². The van der Waals surface area contributed by atoms with Crippen molar-refractivity contribution in [3.05, 3.63) is 95.7 Å². The largest absolute Gasteiger partial charge is 0.345 e. The first kappa shape index (κ1) is 24.5. The topological polar surface area (TPSA) is 67.2 Å². The van der Waals surface area contributed by atoms with Crippen LogP contribution in [0.3, 0.4) is 0 Å². The molecule has 0 spiro atoms. The standard InChI is InChI=1S/C27H22F4N4O2/c1-27(30,31)26(37)33-22-13-24(36)35(25(22)17-5-7-19(28)8-6-17)21-9-10-23-18(12-21)14-32-34(23)15-16-3-2-4-20(29)11-16/h2-12,14,22,25H,13,15H2,1H3,(H,33,37)/t22-,25+/m0/s1. The molecule has 1 N–H and O–H groups in total. The van der Waals surface area contributed by atoms with Crippen LogP contribution in [0, 0.1) is 11.6 Å². The maximum Gasteiger partial charge on any atom is 0.321 e. The van der Waals surface area contributed by atoms with E-state index in [1.165, 1.54) is 41.3 Å². The predicted molar refractivity (Wildman–Crippen MR) is 129 cm³/mol. The molecule has 6 nitrogen and oxygen atoms in total. The number of rotatable bonds is 6. The summed E-state index contributed by atoms with van der Waals surface area (Å²) in [6, 6.07) is 14.9. The van der Waals surface area contributed by atoms with Crippen LogP contribution >= 0.6 is 0 Å². The summed E-state index contributed by atoms with van der Waals surface area (Å²) in [6.45, 7) is 0.819. The first-order valence-corrected chi connectivity index (χ1v) is 11.6. The number of nitrogens with one attached hydrogen (secondary N) is 1. The lowest BCUT2D eigenvalue weighted by Gasteiger charge is -2.29. The average molecular weight is 510 g/mol. The molecule has 5 rings (SSSR count). The number of nitrogens with zero attached hydrogens (tertiary/aromatic N) is 3. The Morgan fingerprint density at radius 1 is 1.05 bits per heavy atom. The minimum Gasteiger partial charge on any atom is -0.345 e. The highest BCUT2D eigenvalue weighted by Crippen LogP contribution is 2.39. The zero-order valence-corrected chi connectivity index (χ0v) is 19.7. The molecule has 1 aliphatic heterocycles. The fourth-order valence-corrected chi connectivity index (χ4v) is 4.66. The number of hydrogen-bond acceptors (Lipinski definition) is 3. The number of hydrogen-bond donors (Lipinski definition) is 1. The smallest absolute Gasteiger partial charge is 0.321 e. The fraction of sp³-hybridized carbons (Fsp3) is 0.222. The molecule has 0 unspecified atom stereocenters. The third-order valence-electron chi connectivity index (χ3n) is 6.37. The van der Waals surface area contributed by atoms with Crippen LogP contribution in [0.15, 0.2) is 72.9 Å². The lowest BCUT2D eigenvalue weighted by molar-refractivity contribution is -0.143. The molecule has 2 amide bonds. The molecule has 37 heavy (non-hydrogen) atoms. The summed E-state index contributed by atoms with van der Waals surface area (Å²) in [5.74, 6) is -6.34. The molecule has 0 radical (unpaired) electrons. The van der Waals surface area contributed by atoms with Gasteiger partial charge in [-0.3, -0.25) is 14.3 Å². The third-order valence-corrected chi connectivity index (χ3v) is 6.37. The summed E-state index contributed by atoms with van der Waals surface area (Å²) >= 11 is 0. The summed E-state index contributed by atoms with van der Waals surface area (Å²) in [5.41, 5.74) is 2.43. The number of anilines is 1. The van der Waals surface area contributed by atoms with Crippen molar-refractivity contribution in [2.75, 3.05) is 4.90 Å². The summed E-state index contributed by atoms with van der Waals surface area (Å²) in [5, 5.41) is 7.38. The van der Waals surface area contributed by atoms with Crippen LogP contribution in [0.25, 0.3) is 10.9 Å². The highest BCUT2D eigenvalue weighted by molar-refractivity contribution is 6.00. The molecule has 1 fully saturated rings. The summed E-state index contributed by atoms with van der Waals surface area (Å²) in [4.78, 5) is 26.6. The van der Waals surface area contributed by atoms with E-state index >= 15 is 0 Å². The van der Waals surface area contributed by atoms with E-state index in [1.54, 1.807) is 41.2 Å². The lowest BCUT2D eigenvalue weighted by atomic mass is 9.99. The molecular formula is C27H22F4N4O2. The van der Waals surface area contributed by atoms with Crippen LogP contribution in [-0.4, -0.2) is 33.6 Å². The Bertz CT molecular complexity index is 1480. The molecule has 1 aliphatic rings. The van der Waals surface area contributed by atoms with Gasteiger partial charge in [-0.2, -0.15) is 13.9 Å². The van der Waals surface area contributed by atoms with E-state index in [4.69, 9.17) is 0 Å². The minimum absolute atomic E-state index is 0.208. The van der Waals surface area contributed by atoms with Crippen LogP contribution in [-0.2, 0) is 16.1 Å². The Morgan fingerprint density at radius 2 is 1.81 bits per heavy atom. The number of benzene rings is 3. The first-order chi connectivity index (χ1) is 17.6. The van der Waals surface area contributed by atoms with Crippen LogP contribution in [0.5, 0.6) is 0 Å². The van der Waals surface area contributed by atoms with Crippen molar-refractivity contribution in [2.45, 2.75) is 37.9 Å². The van der Waals surface area contributed by atoms with Gasteiger partial charge in [-0.1, -0.05) is 24.3 Å². The second kappa shape index (κ2) is 9.34.